The van der Waals surface area contributed by atoms with E-state index in [-0.39, 0.29) is 5.91 Å². The zero-order valence-electron chi connectivity index (χ0n) is 10.4. The molecule has 1 aromatic heterocycles. The molecule has 0 atom stereocenters. The van der Waals surface area contributed by atoms with E-state index in [2.05, 4.69) is 26.2 Å². The highest BCUT2D eigenvalue weighted by Crippen LogP contribution is 2.16. The minimum atomic E-state index is -0.196. The van der Waals surface area contributed by atoms with E-state index in [1.54, 1.807) is 12.1 Å². The minimum absolute atomic E-state index is 0.196. The quantitative estimate of drug-likeness (QED) is 0.875. The number of nitrogens with zero attached hydrogens (tertiary/aromatic N) is 1. The third-order valence-electron chi connectivity index (χ3n) is 2.50. The summed E-state index contributed by atoms with van der Waals surface area (Å²) >= 11 is 3.37. The SMILES string of the molecule is Cc1nc(NC(=O)/C=C/c2ccccc2)ccc1Br. The highest BCUT2D eigenvalue weighted by atomic mass is 79.9. The van der Waals surface area contributed by atoms with Gasteiger partial charge >= 0.3 is 0 Å². The second-order valence-electron chi connectivity index (χ2n) is 4.00. The van der Waals surface area contributed by atoms with Crippen LogP contribution in [0, 0.1) is 6.92 Å². The van der Waals surface area contributed by atoms with E-state index in [4.69, 9.17) is 0 Å². The highest BCUT2D eigenvalue weighted by Gasteiger charge is 2.01. The zero-order chi connectivity index (χ0) is 13.7. The van der Waals surface area contributed by atoms with Crippen LogP contribution in [0.2, 0.25) is 0 Å². The summed E-state index contributed by atoms with van der Waals surface area (Å²) < 4.78 is 0.922. The number of carbonyl (C=O) groups excluding carboxylic acids is 1. The first kappa shape index (κ1) is 13.5. The number of hydrogen-bond acceptors (Lipinski definition) is 2. The van der Waals surface area contributed by atoms with Gasteiger partial charge in [-0.3, -0.25) is 4.79 Å². The van der Waals surface area contributed by atoms with Crippen molar-refractivity contribution in [3.63, 3.8) is 0 Å². The van der Waals surface area contributed by atoms with Gasteiger partial charge in [0.2, 0.25) is 5.91 Å². The van der Waals surface area contributed by atoms with Gasteiger partial charge in [0.1, 0.15) is 5.82 Å². The van der Waals surface area contributed by atoms with Gasteiger partial charge in [0.15, 0.2) is 0 Å². The van der Waals surface area contributed by atoms with Gasteiger partial charge in [-0.15, -0.1) is 0 Å². The fourth-order valence-corrected chi connectivity index (χ4v) is 1.74. The van der Waals surface area contributed by atoms with Crippen LogP contribution in [0.3, 0.4) is 0 Å². The fraction of sp³-hybridized carbons (Fsp3) is 0.0667. The van der Waals surface area contributed by atoms with Crippen molar-refractivity contribution in [2.45, 2.75) is 6.92 Å². The molecule has 0 fully saturated rings. The highest BCUT2D eigenvalue weighted by molar-refractivity contribution is 9.10. The van der Waals surface area contributed by atoms with Crippen LogP contribution in [-0.2, 0) is 4.79 Å². The number of amides is 1. The molecule has 0 aliphatic heterocycles. The summed E-state index contributed by atoms with van der Waals surface area (Å²) in [5.41, 5.74) is 1.82. The number of aryl methyl sites for hydroxylation is 1. The van der Waals surface area contributed by atoms with Gasteiger partial charge in [-0.1, -0.05) is 30.3 Å². The Balaban J connectivity index is 2.01. The van der Waals surface area contributed by atoms with Crippen molar-refractivity contribution in [1.29, 1.82) is 0 Å². The van der Waals surface area contributed by atoms with Gasteiger partial charge < -0.3 is 5.32 Å². The molecule has 2 aromatic rings. The van der Waals surface area contributed by atoms with Gasteiger partial charge in [-0.2, -0.15) is 0 Å². The molecular weight excluding hydrogens is 304 g/mol. The smallest absolute Gasteiger partial charge is 0.249 e. The van der Waals surface area contributed by atoms with Crippen molar-refractivity contribution in [2.75, 3.05) is 5.32 Å². The summed E-state index contributed by atoms with van der Waals surface area (Å²) in [6.45, 7) is 1.87. The zero-order valence-corrected chi connectivity index (χ0v) is 12.0. The molecule has 0 bridgehead atoms. The molecule has 1 amide bonds. The standard InChI is InChI=1S/C15H13BrN2O/c1-11-13(16)8-9-14(17-11)18-15(19)10-7-12-5-3-2-4-6-12/h2-10H,1H3,(H,17,18,19)/b10-7+. The van der Waals surface area contributed by atoms with Crippen LogP contribution in [0.15, 0.2) is 53.0 Å². The van der Waals surface area contributed by atoms with Crippen molar-refractivity contribution in [3.05, 3.63) is 64.3 Å². The number of aromatic nitrogens is 1. The average Bonchev–Trinajstić information content (AvgIpc) is 2.42. The first-order valence-corrected chi connectivity index (χ1v) is 6.62. The molecule has 3 nitrogen and oxygen atoms in total. The van der Waals surface area contributed by atoms with Crippen LogP contribution in [-0.4, -0.2) is 10.9 Å². The van der Waals surface area contributed by atoms with Crippen molar-refractivity contribution >= 4 is 33.7 Å². The number of benzene rings is 1. The number of halogens is 1. The molecule has 4 heteroatoms. The van der Waals surface area contributed by atoms with Crippen molar-refractivity contribution in [2.24, 2.45) is 0 Å². The maximum Gasteiger partial charge on any atom is 0.249 e. The molecule has 0 saturated heterocycles. The lowest BCUT2D eigenvalue weighted by molar-refractivity contribution is -0.111. The average molecular weight is 317 g/mol. The number of anilines is 1. The van der Waals surface area contributed by atoms with E-state index in [0.29, 0.717) is 5.82 Å². The molecule has 0 spiro atoms. The molecule has 1 aromatic carbocycles. The summed E-state index contributed by atoms with van der Waals surface area (Å²) in [6, 6.07) is 13.3. The van der Waals surface area contributed by atoms with Gasteiger partial charge in [0.25, 0.3) is 0 Å². The number of rotatable bonds is 3. The first-order chi connectivity index (χ1) is 9.15. The van der Waals surface area contributed by atoms with Crippen LogP contribution in [0.1, 0.15) is 11.3 Å². The molecule has 0 aliphatic rings. The number of hydrogen-bond donors (Lipinski definition) is 1. The Hall–Kier alpha value is -1.94. The van der Waals surface area contributed by atoms with E-state index in [1.807, 2.05) is 43.3 Å². The number of nitrogens with one attached hydrogen (secondary N) is 1. The number of pyridine rings is 1. The van der Waals surface area contributed by atoms with Gasteiger partial charge in [0, 0.05) is 10.5 Å². The third-order valence-corrected chi connectivity index (χ3v) is 3.34. The normalized spacial score (nSPS) is 10.6. The molecule has 1 heterocycles. The molecule has 2 rings (SSSR count). The van der Waals surface area contributed by atoms with Crippen LogP contribution in [0.25, 0.3) is 6.08 Å². The first-order valence-electron chi connectivity index (χ1n) is 5.82. The Morgan fingerprint density at radius 2 is 1.95 bits per heavy atom. The fourth-order valence-electron chi connectivity index (χ4n) is 1.52. The molecule has 0 aliphatic carbocycles. The van der Waals surface area contributed by atoms with E-state index < -0.39 is 0 Å². The summed E-state index contributed by atoms with van der Waals surface area (Å²) in [7, 11) is 0. The molecule has 1 N–H and O–H groups in total. The van der Waals surface area contributed by atoms with Crippen LogP contribution >= 0.6 is 15.9 Å². The lowest BCUT2D eigenvalue weighted by atomic mass is 10.2. The van der Waals surface area contributed by atoms with E-state index in [1.165, 1.54) is 6.08 Å². The largest absolute Gasteiger partial charge is 0.307 e. The maximum atomic E-state index is 11.7. The molecule has 0 saturated carbocycles. The summed E-state index contributed by atoms with van der Waals surface area (Å²) in [6.07, 6.45) is 3.26. The van der Waals surface area contributed by atoms with Gasteiger partial charge in [0.05, 0.1) is 5.69 Å². The van der Waals surface area contributed by atoms with Crippen molar-refractivity contribution in [1.82, 2.24) is 4.98 Å². The van der Waals surface area contributed by atoms with E-state index in [9.17, 15) is 4.79 Å². The van der Waals surface area contributed by atoms with E-state index in [0.717, 1.165) is 15.7 Å². The lowest BCUT2D eigenvalue weighted by Gasteiger charge is -2.03. The second kappa shape index (κ2) is 6.29. The second-order valence-corrected chi connectivity index (χ2v) is 4.85. The molecular formula is C15H13BrN2O. The Bertz CT molecular complexity index is 609. The molecule has 19 heavy (non-hydrogen) atoms. The maximum absolute atomic E-state index is 11.7. The Labute approximate surface area is 120 Å². The lowest BCUT2D eigenvalue weighted by Crippen LogP contribution is -2.09. The summed E-state index contributed by atoms with van der Waals surface area (Å²) in [4.78, 5) is 16.0. The molecule has 0 radical (unpaired) electrons. The summed E-state index contributed by atoms with van der Waals surface area (Å²) in [5, 5.41) is 2.72. The van der Waals surface area contributed by atoms with Crippen LogP contribution in [0.5, 0.6) is 0 Å². The third kappa shape index (κ3) is 4.03. The topological polar surface area (TPSA) is 42.0 Å². The number of carbonyl (C=O) groups is 1. The predicted octanol–water partition coefficient (Wildman–Crippen LogP) is 3.80. The molecule has 96 valence electrons. The Morgan fingerprint density at radius 1 is 1.21 bits per heavy atom. The van der Waals surface area contributed by atoms with Gasteiger partial charge in [-0.25, -0.2) is 4.98 Å². The van der Waals surface area contributed by atoms with Gasteiger partial charge in [-0.05, 0) is 46.6 Å². The Morgan fingerprint density at radius 3 is 2.63 bits per heavy atom. The van der Waals surface area contributed by atoms with Crippen molar-refractivity contribution in [3.8, 4) is 0 Å². The van der Waals surface area contributed by atoms with E-state index >= 15 is 0 Å². The Kier molecular flexibility index (Phi) is 4.47. The monoisotopic (exact) mass is 316 g/mol. The molecule has 0 unspecified atom stereocenters. The van der Waals surface area contributed by atoms with Crippen molar-refractivity contribution < 1.29 is 4.79 Å². The van der Waals surface area contributed by atoms with Crippen LogP contribution < -0.4 is 5.32 Å². The van der Waals surface area contributed by atoms with Crippen LogP contribution in [0.4, 0.5) is 5.82 Å². The minimum Gasteiger partial charge on any atom is -0.307 e. The summed E-state index contributed by atoms with van der Waals surface area (Å²) in [5.74, 6) is 0.349. The predicted molar refractivity (Wildman–Crippen MR) is 80.8 cm³/mol.